The molecule has 1 aliphatic heterocycles. The summed E-state index contributed by atoms with van der Waals surface area (Å²) in [6.07, 6.45) is -0.178. The van der Waals surface area contributed by atoms with E-state index in [0.717, 1.165) is 5.56 Å². The molecule has 2 heterocycles. The van der Waals surface area contributed by atoms with Crippen molar-refractivity contribution < 1.29 is 9.84 Å². The number of phenols is 1. The summed E-state index contributed by atoms with van der Waals surface area (Å²) >= 11 is 0. The number of fused-ring (bicyclic) bond motifs is 1. The van der Waals surface area contributed by atoms with E-state index in [9.17, 15) is 9.90 Å². The Morgan fingerprint density at radius 1 is 1.21 bits per heavy atom. The van der Waals surface area contributed by atoms with Crippen molar-refractivity contribution in [2.75, 3.05) is 24.6 Å². The van der Waals surface area contributed by atoms with Crippen molar-refractivity contribution in [2.45, 2.75) is 6.10 Å². The average Bonchev–Trinajstić information content (AvgIpc) is 2.62. The van der Waals surface area contributed by atoms with Gasteiger partial charge in [-0.3, -0.25) is 9.78 Å². The lowest BCUT2D eigenvalue weighted by molar-refractivity contribution is 0.0391. The van der Waals surface area contributed by atoms with Gasteiger partial charge in [-0.05, 0) is 29.8 Å². The van der Waals surface area contributed by atoms with Crippen LogP contribution in [0, 0.1) is 0 Å². The Kier molecular flexibility index (Phi) is 3.66. The predicted octanol–water partition coefficient (Wildman–Crippen LogP) is 2.21. The molecule has 0 saturated carbocycles. The van der Waals surface area contributed by atoms with Crippen LogP contribution >= 0.6 is 0 Å². The lowest BCUT2D eigenvalue weighted by Crippen LogP contribution is -2.40. The van der Waals surface area contributed by atoms with Crippen LogP contribution < -0.4 is 10.5 Å². The number of nitrogens with zero attached hydrogens (tertiary/aromatic N) is 2. The van der Waals surface area contributed by atoms with Crippen molar-refractivity contribution in [2.24, 2.45) is 0 Å². The standard InChI is InChI=1S/C18H17N3O3/c22-13-5-3-4-12(10-13)16-11-21(8-9-24-16)18-19-15-7-2-1-6-14(15)17(23)20-18/h1-7,10,16,22H,8-9,11H2,(H,19,20,23)/t16-/m1/s1. The fourth-order valence-corrected chi connectivity index (χ4v) is 2.99. The molecule has 1 aromatic heterocycles. The van der Waals surface area contributed by atoms with E-state index in [0.29, 0.717) is 36.5 Å². The van der Waals surface area contributed by atoms with Crippen LogP contribution in [0.1, 0.15) is 11.7 Å². The second-order valence-corrected chi connectivity index (χ2v) is 5.81. The summed E-state index contributed by atoms with van der Waals surface area (Å²) in [5.41, 5.74) is 1.44. The first-order chi connectivity index (χ1) is 11.7. The highest BCUT2D eigenvalue weighted by Gasteiger charge is 2.24. The first-order valence-corrected chi connectivity index (χ1v) is 7.85. The van der Waals surface area contributed by atoms with Gasteiger partial charge in [0.15, 0.2) is 0 Å². The number of benzene rings is 2. The molecule has 6 nitrogen and oxygen atoms in total. The number of hydrogen-bond acceptors (Lipinski definition) is 5. The minimum Gasteiger partial charge on any atom is -0.508 e. The van der Waals surface area contributed by atoms with Gasteiger partial charge in [0.2, 0.25) is 5.95 Å². The molecule has 1 aliphatic rings. The molecular weight excluding hydrogens is 306 g/mol. The van der Waals surface area contributed by atoms with Crippen LogP contribution in [0.3, 0.4) is 0 Å². The third kappa shape index (κ3) is 2.72. The van der Waals surface area contributed by atoms with Gasteiger partial charge in [-0.15, -0.1) is 0 Å². The molecule has 1 fully saturated rings. The van der Waals surface area contributed by atoms with Crippen molar-refractivity contribution in [3.63, 3.8) is 0 Å². The molecular formula is C18H17N3O3. The highest BCUT2D eigenvalue weighted by atomic mass is 16.5. The Hall–Kier alpha value is -2.86. The van der Waals surface area contributed by atoms with Crippen LogP contribution in [-0.2, 0) is 4.74 Å². The first kappa shape index (κ1) is 14.7. The van der Waals surface area contributed by atoms with Gasteiger partial charge in [-0.2, -0.15) is 0 Å². The summed E-state index contributed by atoms with van der Waals surface area (Å²) in [7, 11) is 0. The minimum absolute atomic E-state index is 0.143. The number of aromatic hydroxyl groups is 1. The van der Waals surface area contributed by atoms with Gasteiger partial charge in [-0.25, -0.2) is 4.98 Å². The zero-order valence-corrected chi connectivity index (χ0v) is 13.0. The van der Waals surface area contributed by atoms with Crippen LogP contribution in [-0.4, -0.2) is 34.8 Å². The Morgan fingerprint density at radius 2 is 2.08 bits per heavy atom. The Bertz CT molecular complexity index is 938. The van der Waals surface area contributed by atoms with E-state index >= 15 is 0 Å². The maximum Gasteiger partial charge on any atom is 0.260 e. The summed E-state index contributed by atoms with van der Waals surface area (Å²) in [4.78, 5) is 21.7. The van der Waals surface area contributed by atoms with Crippen LogP contribution in [0.25, 0.3) is 10.9 Å². The topological polar surface area (TPSA) is 78.5 Å². The lowest BCUT2D eigenvalue weighted by atomic mass is 10.1. The minimum atomic E-state index is -0.178. The number of nitrogens with one attached hydrogen (secondary N) is 1. The number of hydrogen-bond donors (Lipinski definition) is 2. The molecule has 2 aromatic carbocycles. The molecule has 0 spiro atoms. The summed E-state index contributed by atoms with van der Waals surface area (Å²) in [6, 6.07) is 14.3. The Balaban J connectivity index is 1.66. The summed E-state index contributed by atoms with van der Waals surface area (Å²) in [5, 5.41) is 10.2. The maximum atomic E-state index is 12.3. The number of anilines is 1. The van der Waals surface area contributed by atoms with E-state index < -0.39 is 0 Å². The number of H-pyrrole nitrogens is 1. The Morgan fingerprint density at radius 3 is 2.96 bits per heavy atom. The maximum absolute atomic E-state index is 12.3. The molecule has 2 N–H and O–H groups in total. The summed E-state index contributed by atoms with van der Waals surface area (Å²) in [6.45, 7) is 1.73. The van der Waals surface area contributed by atoms with Crippen molar-refractivity contribution in [3.05, 3.63) is 64.4 Å². The van der Waals surface area contributed by atoms with Crippen LogP contribution in [0.15, 0.2) is 53.3 Å². The molecule has 4 rings (SSSR count). The largest absolute Gasteiger partial charge is 0.508 e. The molecule has 0 radical (unpaired) electrons. The van der Waals surface area contributed by atoms with Gasteiger partial charge in [0.05, 0.1) is 24.1 Å². The predicted molar refractivity (Wildman–Crippen MR) is 91.4 cm³/mol. The summed E-state index contributed by atoms with van der Waals surface area (Å²) < 4.78 is 5.82. The van der Waals surface area contributed by atoms with Crippen molar-refractivity contribution >= 4 is 16.9 Å². The van der Waals surface area contributed by atoms with Crippen molar-refractivity contribution in [1.82, 2.24) is 9.97 Å². The normalized spacial score (nSPS) is 18.0. The van der Waals surface area contributed by atoms with Crippen LogP contribution in [0.4, 0.5) is 5.95 Å². The monoisotopic (exact) mass is 323 g/mol. The van der Waals surface area contributed by atoms with E-state index in [-0.39, 0.29) is 17.4 Å². The number of aromatic nitrogens is 2. The highest BCUT2D eigenvalue weighted by molar-refractivity contribution is 5.78. The quantitative estimate of drug-likeness (QED) is 0.756. The number of rotatable bonds is 2. The zero-order chi connectivity index (χ0) is 16.5. The van der Waals surface area contributed by atoms with Gasteiger partial charge in [0.25, 0.3) is 5.56 Å². The molecule has 24 heavy (non-hydrogen) atoms. The molecule has 3 aromatic rings. The molecule has 6 heteroatoms. The molecule has 0 unspecified atom stereocenters. The van der Waals surface area contributed by atoms with Gasteiger partial charge in [0.1, 0.15) is 11.9 Å². The van der Waals surface area contributed by atoms with Crippen LogP contribution in [0.5, 0.6) is 5.75 Å². The third-order valence-corrected chi connectivity index (χ3v) is 4.21. The first-order valence-electron chi connectivity index (χ1n) is 7.85. The molecule has 122 valence electrons. The lowest BCUT2D eigenvalue weighted by Gasteiger charge is -2.33. The molecule has 0 bridgehead atoms. The second kappa shape index (κ2) is 5.98. The highest BCUT2D eigenvalue weighted by Crippen LogP contribution is 2.26. The fraction of sp³-hybridized carbons (Fsp3) is 0.222. The third-order valence-electron chi connectivity index (χ3n) is 4.21. The van der Waals surface area contributed by atoms with E-state index in [2.05, 4.69) is 9.97 Å². The second-order valence-electron chi connectivity index (χ2n) is 5.81. The number of aromatic amines is 1. The van der Waals surface area contributed by atoms with Gasteiger partial charge < -0.3 is 14.7 Å². The van der Waals surface area contributed by atoms with E-state index in [4.69, 9.17) is 4.74 Å². The number of para-hydroxylation sites is 1. The van der Waals surface area contributed by atoms with E-state index in [1.807, 2.05) is 29.2 Å². The SMILES string of the molecule is O=c1[nH]c(N2CCO[C@@H](c3cccc(O)c3)C2)nc2ccccc12. The number of morpholine rings is 1. The number of phenolic OH excluding ortho intramolecular Hbond substituents is 1. The zero-order valence-electron chi connectivity index (χ0n) is 13.0. The van der Waals surface area contributed by atoms with Crippen molar-refractivity contribution in [3.8, 4) is 5.75 Å². The van der Waals surface area contributed by atoms with E-state index in [1.54, 1.807) is 24.3 Å². The van der Waals surface area contributed by atoms with Gasteiger partial charge in [0, 0.05) is 6.54 Å². The molecule has 1 atom stereocenters. The number of ether oxygens (including phenoxy) is 1. The van der Waals surface area contributed by atoms with Gasteiger partial charge >= 0.3 is 0 Å². The molecule has 1 saturated heterocycles. The fourth-order valence-electron chi connectivity index (χ4n) is 2.99. The van der Waals surface area contributed by atoms with Crippen molar-refractivity contribution in [1.29, 1.82) is 0 Å². The Labute approximate surface area is 138 Å². The van der Waals surface area contributed by atoms with E-state index in [1.165, 1.54) is 0 Å². The molecule has 0 aliphatic carbocycles. The van der Waals surface area contributed by atoms with Crippen LogP contribution in [0.2, 0.25) is 0 Å². The summed E-state index contributed by atoms with van der Waals surface area (Å²) in [5.74, 6) is 0.762. The smallest absolute Gasteiger partial charge is 0.260 e. The molecule has 0 amide bonds. The average molecular weight is 323 g/mol. The van der Waals surface area contributed by atoms with Gasteiger partial charge in [-0.1, -0.05) is 24.3 Å².